The number of amides is 2. The molecule has 44 heavy (non-hydrogen) atoms. The van der Waals surface area contributed by atoms with E-state index in [2.05, 4.69) is 10.6 Å². The summed E-state index contributed by atoms with van der Waals surface area (Å²) in [6.45, 7) is 12.3. The van der Waals surface area contributed by atoms with Gasteiger partial charge in [-0.2, -0.15) is 0 Å². The Bertz CT molecular complexity index is 1480. The average Bonchev–Trinajstić information content (AvgIpc) is 2.96. The molecule has 8 nitrogen and oxygen atoms in total. The lowest BCUT2D eigenvalue weighted by molar-refractivity contribution is -0.114. The summed E-state index contributed by atoms with van der Waals surface area (Å²) >= 11 is 6.60. The molecule has 3 rings (SSSR count). The molecule has 0 saturated carbocycles. The van der Waals surface area contributed by atoms with Crippen LogP contribution < -0.4 is 10.6 Å². The molecule has 2 amide bonds. The van der Waals surface area contributed by atoms with Crippen molar-refractivity contribution >= 4 is 46.6 Å². The molecule has 236 valence electrons. The van der Waals surface area contributed by atoms with Crippen LogP contribution in [-0.4, -0.2) is 41.5 Å². The van der Waals surface area contributed by atoms with Gasteiger partial charge in [0.25, 0.3) is 0 Å². The minimum atomic E-state index is -0.780. The molecule has 0 saturated heterocycles. The zero-order chi connectivity index (χ0) is 32.8. The zero-order valence-electron chi connectivity index (χ0n) is 26.2. The molecule has 2 aromatic carbocycles. The Hall–Kier alpha value is -3.98. The first-order chi connectivity index (χ1) is 20.4. The molecule has 0 heterocycles. The first kappa shape index (κ1) is 34.5. The van der Waals surface area contributed by atoms with E-state index in [9.17, 15) is 23.6 Å². The lowest BCUT2D eigenvalue weighted by Crippen LogP contribution is -2.33. The Morgan fingerprint density at radius 3 is 2.20 bits per heavy atom. The van der Waals surface area contributed by atoms with E-state index in [0.717, 1.165) is 0 Å². The fraction of sp³-hybridized carbons (Fsp3) is 0.412. The summed E-state index contributed by atoms with van der Waals surface area (Å²) in [4.78, 5) is 52.2. The maximum absolute atomic E-state index is 13.9. The summed E-state index contributed by atoms with van der Waals surface area (Å²) in [6.07, 6.45) is 3.47. The van der Waals surface area contributed by atoms with Gasteiger partial charge in [0.2, 0.25) is 0 Å². The van der Waals surface area contributed by atoms with Gasteiger partial charge in [0.15, 0.2) is 11.6 Å². The Morgan fingerprint density at radius 1 is 0.977 bits per heavy atom. The number of ether oxygens (including phenoxy) is 2. The summed E-state index contributed by atoms with van der Waals surface area (Å²) < 4.78 is 24.5. The Labute approximate surface area is 263 Å². The molecular formula is C34H40ClFN2O6. The van der Waals surface area contributed by atoms with Gasteiger partial charge in [-0.05, 0) is 119 Å². The molecule has 0 aliphatic heterocycles. The predicted molar refractivity (Wildman–Crippen MR) is 169 cm³/mol. The fourth-order valence-corrected chi connectivity index (χ4v) is 4.67. The highest BCUT2D eigenvalue weighted by Crippen LogP contribution is 2.36. The van der Waals surface area contributed by atoms with E-state index in [1.165, 1.54) is 36.4 Å². The third kappa shape index (κ3) is 10.3. The molecule has 0 fully saturated rings. The van der Waals surface area contributed by atoms with E-state index in [1.807, 2.05) is 13.0 Å². The summed E-state index contributed by atoms with van der Waals surface area (Å²) in [7, 11) is 0. The third-order valence-corrected chi connectivity index (χ3v) is 6.81. The highest BCUT2D eigenvalue weighted by molar-refractivity contribution is 6.34. The Morgan fingerprint density at radius 2 is 1.59 bits per heavy atom. The number of hydrogen-bond acceptors (Lipinski definition) is 6. The van der Waals surface area contributed by atoms with Crippen LogP contribution in [0.2, 0.25) is 5.02 Å². The lowest BCUT2D eigenvalue weighted by atomic mass is 9.88. The van der Waals surface area contributed by atoms with Gasteiger partial charge in [0, 0.05) is 24.1 Å². The van der Waals surface area contributed by atoms with E-state index in [4.69, 9.17) is 21.1 Å². The molecular weight excluding hydrogens is 587 g/mol. The van der Waals surface area contributed by atoms with Crippen molar-refractivity contribution in [3.63, 3.8) is 0 Å². The van der Waals surface area contributed by atoms with Gasteiger partial charge in [-0.15, -0.1) is 0 Å². The van der Waals surface area contributed by atoms with E-state index in [1.54, 1.807) is 47.6 Å². The first-order valence-electron chi connectivity index (χ1n) is 14.5. The average molecular weight is 627 g/mol. The number of anilines is 1. The number of rotatable bonds is 6. The minimum Gasteiger partial charge on any atom is -0.444 e. The first-order valence-corrected chi connectivity index (χ1v) is 14.8. The Balaban J connectivity index is 2.21. The van der Waals surface area contributed by atoms with E-state index < -0.39 is 35.0 Å². The number of nitrogens with one attached hydrogen (secondary N) is 2. The van der Waals surface area contributed by atoms with E-state index in [-0.39, 0.29) is 40.1 Å². The molecule has 0 bridgehead atoms. The van der Waals surface area contributed by atoms with Gasteiger partial charge in [-0.25, -0.2) is 14.0 Å². The second-order valence-corrected chi connectivity index (χ2v) is 13.2. The van der Waals surface area contributed by atoms with Crippen LogP contribution >= 0.6 is 11.6 Å². The van der Waals surface area contributed by atoms with Crippen molar-refractivity contribution in [2.75, 3.05) is 11.9 Å². The van der Waals surface area contributed by atoms with Crippen molar-refractivity contribution in [3.05, 3.63) is 81.7 Å². The number of halogens is 2. The second kappa shape index (κ2) is 14.2. The number of carbonyl (C=O) groups excluding carboxylic acids is 4. The molecule has 1 aliphatic carbocycles. The second-order valence-electron chi connectivity index (χ2n) is 12.8. The van der Waals surface area contributed by atoms with E-state index >= 15 is 0 Å². The van der Waals surface area contributed by atoms with Crippen LogP contribution in [0.25, 0.3) is 5.57 Å². The Kier molecular flexibility index (Phi) is 11.1. The van der Waals surface area contributed by atoms with Crippen LogP contribution in [0, 0.1) is 11.7 Å². The predicted octanol–water partition coefficient (Wildman–Crippen LogP) is 8.28. The number of allylic oxidation sites excluding steroid dienone is 2. The van der Waals surface area contributed by atoms with Crippen LogP contribution in [0.3, 0.4) is 0 Å². The fourth-order valence-electron chi connectivity index (χ4n) is 4.46. The van der Waals surface area contributed by atoms with Gasteiger partial charge in [-0.3, -0.25) is 14.9 Å². The van der Waals surface area contributed by atoms with Gasteiger partial charge >= 0.3 is 12.2 Å². The SMILES string of the molecule is CC1C/C=C(c2cc(NC(=O)OC(C)(C)C)c(Cl)cc2C(=O)c2ccc(F)cc2)\C(CNC(=O)OC(C)(C)C)=C/C(=O)CC1. The molecule has 1 aliphatic rings. The number of benzene rings is 2. The molecule has 1 atom stereocenters. The molecule has 2 aromatic rings. The summed E-state index contributed by atoms with van der Waals surface area (Å²) in [5.41, 5.74) is 0.310. The smallest absolute Gasteiger partial charge is 0.412 e. The largest absolute Gasteiger partial charge is 0.444 e. The molecule has 0 aromatic heterocycles. The highest BCUT2D eigenvalue weighted by Gasteiger charge is 2.25. The molecule has 0 spiro atoms. The molecule has 0 radical (unpaired) electrons. The van der Waals surface area contributed by atoms with Crippen molar-refractivity contribution in [2.45, 2.75) is 78.9 Å². The highest BCUT2D eigenvalue weighted by atomic mass is 35.5. The summed E-state index contributed by atoms with van der Waals surface area (Å²) in [6, 6.07) is 8.07. The van der Waals surface area contributed by atoms with Crippen molar-refractivity contribution in [2.24, 2.45) is 5.92 Å². The van der Waals surface area contributed by atoms with Crippen molar-refractivity contribution < 1.29 is 33.0 Å². The summed E-state index contributed by atoms with van der Waals surface area (Å²) in [5.74, 6) is -0.950. The quantitative estimate of drug-likeness (QED) is 0.312. The van der Waals surface area contributed by atoms with Gasteiger partial charge in [0.1, 0.15) is 17.0 Å². The minimum absolute atomic E-state index is 0.0654. The number of alkyl carbamates (subject to hydrolysis) is 1. The number of carbonyl (C=O) groups is 4. The normalized spacial score (nSPS) is 18.4. The van der Waals surface area contributed by atoms with Crippen LogP contribution in [0.1, 0.15) is 89.2 Å². The standard InChI is InChI=1S/C34H40ClFN2O6/c1-20-8-14-24(39)16-22(19-37-31(41)43-33(2,3)4)25(15-9-20)26-18-29(38-32(42)44-34(5,6)7)28(35)17-27(26)30(40)21-10-12-23(36)13-11-21/h10-13,15-18,20H,8-9,14,19H2,1-7H3,(H,37,41)(H,38,42)/b22-16-,25-15+. The third-order valence-electron chi connectivity index (χ3n) is 6.50. The summed E-state index contributed by atoms with van der Waals surface area (Å²) in [5, 5.41) is 5.43. The van der Waals surface area contributed by atoms with Crippen LogP contribution in [0.15, 0.2) is 54.1 Å². The van der Waals surface area contributed by atoms with Crippen LogP contribution in [0.4, 0.5) is 19.7 Å². The zero-order valence-corrected chi connectivity index (χ0v) is 27.0. The van der Waals surface area contributed by atoms with Crippen molar-refractivity contribution in [1.82, 2.24) is 5.32 Å². The topological polar surface area (TPSA) is 111 Å². The van der Waals surface area contributed by atoms with Crippen molar-refractivity contribution in [1.29, 1.82) is 0 Å². The number of hydrogen-bond donors (Lipinski definition) is 2. The van der Waals surface area contributed by atoms with Crippen molar-refractivity contribution in [3.8, 4) is 0 Å². The molecule has 1 unspecified atom stereocenters. The van der Waals surface area contributed by atoms with Crippen LogP contribution in [0.5, 0.6) is 0 Å². The maximum atomic E-state index is 13.9. The molecule has 10 heteroatoms. The van der Waals surface area contributed by atoms with Crippen LogP contribution in [-0.2, 0) is 14.3 Å². The lowest BCUT2D eigenvalue weighted by Gasteiger charge is -2.23. The van der Waals surface area contributed by atoms with Gasteiger partial charge in [0.05, 0.1) is 10.7 Å². The van der Waals surface area contributed by atoms with Gasteiger partial charge < -0.3 is 14.8 Å². The maximum Gasteiger partial charge on any atom is 0.412 e. The van der Waals surface area contributed by atoms with E-state index in [0.29, 0.717) is 36.0 Å². The molecule has 2 N–H and O–H groups in total. The monoisotopic (exact) mass is 626 g/mol. The van der Waals surface area contributed by atoms with Gasteiger partial charge in [-0.1, -0.05) is 24.6 Å². The number of ketones is 2.